The number of hydrogen-bond acceptors (Lipinski definition) is 1. The van der Waals surface area contributed by atoms with Gasteiger partial charge in [0.2, 0.25) is 10.5 Å². The number of halogens is 4. The van der Waals surface area contributed by atoms with Gasteiger partial charge in [-0.3, -0.25) is 0 Å². The van der Waals surface area contributed by atoms with Crippen LogP contribution in [0.1, 0.15) is 0 Å². The summed E-state index contributed by atoms with van der Waals surface area (Å²) >= 11 is 21.7. The Morgan fingerprint density at radius 1 is 1.11 bits per heavy atom. The zero-order valence-electron chi connectivity index (χ0n) is 4.07. The zero-order valence-corrected chi connectivity index (χ0v) is 9.10. The maximum Gasteiger partial charge on any atom is 0.269 e. The normalized spacial score (nSPS) is 12.0. The average molecular weight is 240 g/mol. The second kappa shape index (κ2) is 5.24. The topological polar surface area (TPSA) is 9.23 Å². The molecule has 1 nitrogen and oxygen atoms in total. The van der Waals surface area contributed by atoms with Gasteiger partial charge in [0.1, 0.15) is 8.92 Å². The summed E-state index contributed by atoms with van der Waals surface area (Å²) < 4.78 is 3.39. The molecule has 0 heterocycles. The highest BCUT2D eigenvalue weighted by Gasteiger charge is 2.27. The van der Waals surface area contributed by atoms with Gasteiger partial charge >= 0.3 is 0 Å². The van der Waals surface area contributed by atoms with Crippen LogP contribution >= 0.6 is 46.4 Å². The third-order valence-corrected chi connectivity index (χ3v) is 4.93. The first-order chi connectivity index (χ1) is 4.09. The molecular weight excluding hydrogens is 238 g/mol. The van der Waals surface area contributed by atoms with Gasteiger partial charge in [0, 0.05) is 0 Å². The van der Waals surface area contributed by atoms with Gasteiger partial charge in [-0.1, -0.05) is 0 Å². The van der Waals surface area contributed by atoms with Crippen molar-refractivity contribution >= 4 is 65.9 Å². The summed E-state index contributed by atoms with van der Waals surface area (Å²) in [5.74, 6) is 0. The minimum absolute atomic E-state index is 0.632. The van der Waals surface area contributed by atoms with Crippen LogP contribution in [0.15, 0.2) is 0 Å². The highest BCUT2D eigenvalue weighted by Crippen LogP contribution is 2.16. The van der Waals surface area contributed by atoms with Crippen LogP contribution in [0.5, 0.6) is 0 Å². The molecule has 4 radical (unpaired) electrons. The Balaban J connectivity index is 3.68. The Morgan fingerprint density at radius 3 is 1.44 bits per heavy atom. The molecule has 0 bridgehead atoms. The molecule has 0 saturated heterocycles. The molecule has 0 spiro atoms. The van der Waals surface area contributed by atoms with E-state index < -0.39 is 18.0 Å². The Bertz CT molecular complexity index is 71.0. The third kappa shape index (κ3) is 4.08. The van der Waals surface area contributed by atoms with E-state index >= 15 is 0 Å². The summed E-state index contributed by atoms with van der Waals surface area (Å²) in [4.78, 5) is 0. The Morgan fingerprint density at radius 2 is 1.44 bits per heavy atom. The van der Waals surface area contributed by atoms with E-state index in [2.05, 4.69) is 14.6 Å². The van der Waals surface area contributed by atoms with E-state index in [1.807, 2.05) is 0 Å². The molecule has 0 aromatic heterocycles. The van der Waals surface area contributed by atoms with Gasteiger partial charge in [0.15, 0.2) is 0 Å². The molecule has 0 aliphatic carbocycles. The lowest BCUT2D eigenvalue weighted by molar-refractivity contribution is 0.637. The average Bonchev–Trinajstić information content (AvgIpc) is 1.64. The highest BCUT2D eigenvalue weighted by molar-refractivity contribution is 6.88. The van der Waals surface area contributed by atoms with Crippen molar-refractivity contribution < 1.29 is 4.12 Å². The van der Waals surface area contributed by atoms with Crippen molar-refractivity contribution in [3.8, 4) is 0 Å². The summed E-state index contributed by atoms with van der Waals surface area (Å²) in [5, 5.41) is 0. The smallest absolute Gasteiger partial charge is 0.269 e. The van der Waals surface area contributed by atoms with Crippen molar-refractivity contribution in [2.75, 3.05) is 0 Å². The van der Waals surface area contributed by atoms with Gasteiger partial charge in [-0.25, -0.2) is 0 Å². The van der Waals surface area contributed by atoms with E-state index in [-0.39, 0.29) is 0 Å². The first-order valence-electron chi connectivity index (χ1n) is 1.86. The van der Waals surface area contributed by atoms with Crippen LogP contribution < -0.4 is 0 Å². The van der Waals surface area contributed by atoms with Crippen LogP contribution in [0.25, 0.3) is 0 Å². The number of hydrogen-bond donors (Lipinski definition) is 0. The second-order valence-corrected chi connectivity index (χ2v) is 7.54. The van der Waals surface area contributed by atoms with E-state index in [4.69, 9.17) is 46.4 Å². The van der Waals surface area contributed by atoms with E-state index in [0.29, 0.717) is 0 Å². The molecular formula is C2H2Cl4OSi2. The van der Waals surface area contributed by atoms with Crippen molar-refractivity contribution in [2.45, 2.75) is 8.92 Å². The lowest BCUT2D eigenvalue weighted by atomic mass is 11.8. The second-order valence-electron chi connectivity index (χ2n) is 1.11. The predicted octanol–water partition coefficient (Wildman–Crippen LogP) is 1.76. The molecule has 0 rings (SSSR count). The lowest BCUT2D eigenvalue weighted by Crippen LogP contribution is -2.32. The summed E-state index contributed by atoms with van der Waals surface area (Å²) in [6.45, 7) is 0. The maximum atomic E-state index is 5.42. The summed E-state index contributed by atoms with van der Waals surface area (Å²) in [5.41, 5.74) is 0. The Kier molecular flexibility index (Phi) is 6.14. The third-order valence-electron chi connectivity index (χ3n) is 0.548. The lowest BCUT2D eigenvalue weighted by Gasteiger charge is -2.12. The fourth-order valence-electron chi connectivity index (χ4n) is 0.184. The molecule has 9 heavy (non-hydrogen) atoms. The fourth-order valence-corrected chi connectivity index (χ4v) is 4.98. The summed E-state index contributed by atoms with van der Waals surface area (Å²) in [6.07, 6.45) is 0. The highest BCUT2D eigenvalue weighted by atomic mass is 35.5. The van der Waals surface area contributed by atoms with Gasteiger partial charge in [0.05, 0.1) is 0 Å². The Hall–Kier alpha value is 1.55. The van der Waals surface area contributed by atoms with Crippen LogP contribution in [0.3, 0.4) is 0 Å². The molecule has 0 amide bonds. The molecule has 0 saturated carbocycles. The van der Waals surface area contributed by atoms with E-state index in [9.17, 15) is 0 Å². The van der Waals surface area contributed by atoms with E-state index in [0.717, 1.165) is 0 Å². The molecule has 7 heteroatoms. The zero-order chi connectivity index (χ0) is 7.44. The molecule has 52 valence electrons. The van der Waals surface area contributed by atoms with Gasteiger partial charge < -0.3 is 4.12 Å². The summed E-state index contributed by atoms with van der Waals surface area (Å²) in [7, 11) is 1.23. The Labute approximate surface area is 78.8 Å². The van der Waals surface area contributed by atoms with Crippen molar-refractivity contribution in [1.82, 2.24) is 0 Å². The molecule has 0 atom stereocenters. The molecule has 0 aromatic rings. The predicted molar refractivity (Wildman–Crippen MR) is 43.6 cm³/mol. The van der Waals surface area contributed by atoms with Gasteiger partial charge in [-0.05, 0) is 0 Å². The van der Waals surface area contributed by atoms with Gasteiger partial charge in [-0.15, -0.1) is 46.4 Å². The van der Waals surface area contributed by atoms with Crippen molar-refractivity contribution in [2.24, 2.45) is 0 Å². The molecule has 0 unspecified atom stereocenters. The van der Waals surface area contributed by atoms with Crippen molar-refractivity contribution in [3.05, 3.63) is 0 Å². The SMILES string of the molecule is [Si]O[Si](C(Cl)Cl)C(Cl)Cl. The first kappa shape index (κ1) is 10.6. The molecule has 0 aliphatic heterocycles. The summed E-state index contributed by atoms with van der Waals surface area (Å²) in [6, 6.07) is 0. The fraction of sp³-hybridized carbons (Fsp3) is 1.00. The number of alkyl halides is 4. The largest absolute Gasteiger partial charge is 0.454 e. The van der Waals surface area contributed by atoms with Crippen molar-refractivity contribution in [3.63, 3.8) is 0 Å². The van der Waals surface area contributed by atoms with E-state index in [1.165, 1.54) is 0 Å². The quantitative estimate of drug-likeness (QED) is 0.539. The van der Waals surface area contributed by atoms with Crippen LogP contribution in [-0.2, 0) is 4.12 Å². The minimum Gasteiger partial charge on any atom is -0.454 e. The molecule has 0 aromatic carbocycles. The van der Waals surface area contributed by atoms with Gasteiger partial charge in [0.25, 0.3) is 9.04 Å². The molecule has 0 N–H and O–H groups in total. The monoisotopic (exact) mass is 238 g/mol. The molecule has 0 fully saturated rings. The standard InChI is InChI=1S/C2H2Cl4OSi2/c3-1(4)9(7-8)2(5)6/h1-2H. The maximum absolute atomic E-state index is 5.42. The van der Waals surface area contributed by atoms with Crippen molar-refractivity contribution in [1.29, 1.82) is 0 Å². The van der Waals surface area contributed by atoms with Gasteiger partial charge in [-0.2, -0.15) is 0 Å². The minimum atomic E-state index is -1.54. The van der Waals surface area contributed by atoms with E-state index in [1.54, 1.807) is 0 Å². The van der Waals surface area contributed by atoms with Crippen LogP contribution in [0.4, 0.5) is 0 Å². The first-order valence-corrected chi connectivity index (χ1v) is 5.58. The van der Waals surface area contributed by atoms with Crippen LogP contribution in [-0.4, -0.2) is 28.4 Å². The van der Waals surface area contributed by atoms with Crippen LogP contribution in [0, 0.1) is 0 Å². The van der Waals surface area contributed by atoms with Crippen LogP contribution in [0.2, 0.25) is 0 Å². The number of rotatable bonds is 3. The molecule has 0 aliphatic rings.